The molecule has 7 heteroatoms. The predicted molar refractivity (Wildman–Crippen MR) is 109 cm³/mol. The summed E-state index contributed by atoms with van der Waals surface area (Å²) in [4.78, 5) is 17.1. The number of sulfonamides is 1. The van der Waals surface area contributed by atoms with Gasteiger partial charge in [-0.05, 0) is 44.0 Å². The first-order chi connectivity index (χ1) is 13.5. The summed E-state index contributed by atoms with van der Waals surface area (Å²) in [6.45, 7) is 3.84. The van der Waals surface area contributed by atoms with Crippen molar-refractivity contribution in [3.8, 4) is 0 Å². The fourth-order valence-electron chi connectivity index (χ4n) is 3.95. The summed E-state index contributed by atoms with van der Waals surface area (Å²) in [6, 6.07) is 16.6. The Balaban J connectivity index is 1.48. The van der Waals surface area contributed by atoms with Crippen molar-refractivity contribution in [2.45, 2.75) is 24.7 Å². The smallest absolute Gasteiger partial charge is 0.285 e. The Morgan fingerprint density at radius 2 is 1.71 bits per heavy atom. The number of para-hydroxylation sites is 1. The molecule has 2 heterocycles. The fraction of sp³-hybridized carbons (Fsp3) is 0.333. The van der Waals surface area contributed by atoms with Crippen molar-refractivity contribution in [1.29, 1.82) is 0 Å². The van der Waals surface area contributed by atoms with E-state index in [2.05, 4.69) is 4.40 Å². The van der Waals surface area contributed by atoms with Crippen molar-refractivity contribution in [3.63, 3.8) is 0 Å². The van der Waals surface area contributed by atoms with Crippen LogP contribution in [0.2, 0.25) is 0 Å². The highest BCUT2D eigenvalue weighted by molar-refractivity contribution is 7.90. The molecule has 0 atom stereocenters. The van der Waals surface area contributed by atoms with E-state index in [1.165, 1.54) is 0 Å². The van der Waals surface area contributed by atoms with E-state index >= 15 is 0 Å². The Morgan fingerprint density at radius 1 is 1.07 bits per heavy atom. The van der Waals surface area contributed by atoms with E-state index in [0.29, 0.717) is 43.9 Å². The second-order valence-electron chi connectivity index (χ2n) is 7.07. The molecule has 0 aromatic heterocycles. The second-order valence-corrected chi connectivity index (χ2v) is 8.64. The zero-order valence-electron chi connectivity index (χ0n) is 15.8. The minimum Gasteiger partial charge on any atom is -0.355 e. The Labute approximate surface area is 165 Å². The molecule has 2 aromatic carbocycles. The van der Waals surface area contributed by atoms with Crippen LogP contribution in [0.1, 0.15) is 25.3 Å². The van der Waals surface area contributed by atoms with Crippen LogP contribution in [0, 0.1) is 5.92 Å². The number of benzene rings is 2. The van der Waals surface area contributed by atoms with Gasteiger partial charge in [0, 0.05) is 36.8 Å². The molecule has 1 fully saturated rings. The number of hydrogen-bond acceptors (Lipinski definition) is 4. The van der Waals surface area contributed by atoms with Crippen molar-refractivity contribution in [2.24, 2.45) is 10.3 Å². The molecule has 0 radical (unpaired) electrons. The Morgan fingerprint density at radius 3 is 2.39 bits per heavy atom. The summed E-state index contributed by atoms with van der Waals surface area (Å²) < 4.78 is 28.6. The second kappa shape index (κ2) is 7.39. The topological polar surface area (TPSA) is 70.1 Å². The molecule has 6 nitrogen and oxygen atoms in total. The fourth-order valence-corrected chi connectivity index (χ4v) is 5.18. The van der Waals surface area contributed by atoms with Gasteiger partial charge in [-0.2, -0.15) is 8.42 Å². The van der Waals surface area contributed by atoms with Crippen LogP contribution in [-0.4, -0.2) is 44.7 Å². The minimum atomic E-state index is -3.62. The SMILES string of the molecule is CCN(C(=O)C1CCN(C2=NS(=O)(=O)c3ccccc32)CC1)c1ccccc1. The van der Waals surface area contributed by atoms with Gasteiger partial charge < -0.3 is 9.80 Å². The zero-order valence-corrected chi connectivity index (χ0v) is 16.6. The van der Waals surface area contributed by atoms with E-state index in [0.717, 1.165) is 5.69 Å². The molecule has 0 N–H and O–H groups in total. The van der Waals surface area contributed by atoms with Crippen LogP contribution in [0.4, 0.5) is 5.69 Å². The molecule has 1 saturated heterocycles. The van der Waals surface area contributed by atoms with Gasteiger partial charge in [0.2, 0.25) is 5.91 Å². The molecule has 1 amide bonds. The van der Waals surface area contributed by atoms with Crippen LogP contribution < -0.4 is 4.90 Å². The molecule has 146 valence electrons. The lowest BCUT2D eigenvalue weighted by Gasteiger charge is -2.35. The van der Waals surface area contributed by atoms with Crippen LogP contribution in [0.25, 0.3) is 0 Å². The normalized spacial score (nSPS) is 18.5. The van der Waals surface area contributed by atoms with E-state index in [1.807, 2.05) is 53.1 Å². The maximum atomic E-state index is 13.0. The van der Waals surface area contributed by atoms with Gasteiger partial charge in [-0.25, -0.2) is 0 Å². The van der Waals surface area contributed by atoms with Crippen LogP contribution in [0.3, 0.4) is 0 Å². The van der Waals surface area contributed by atoms with Crippen molar-refractivity contribution in [1.82, 2.24) is 4.90 Å². The molecule has 0 saturated carbocycles. The van der Waals surface area contributed by atoms with Crippen molar-refractivity contribution < 1.29 is 13.2 Å². The molecule has 4 rings (SSSR count). The molecule has 28 heavy (non-hydrogen) atoms. The molecular formula is C21H23N3O3S. The van der Waals surface area contributed by atoms with E-state index in [9.17, 15) is 13.2 Å². The third-order valence-electron chi connectivity index (χ3n) is 5.41. The van der Waals surface area contributed by atoms with Gasteiger partial charge in [0.15, 0.2) is 5.84 Å². The van der Waals surface area contributed by atoms with Crippen LogP contribution in [-0.2, 0) is 14.8 Å². The van der Waals surface area contributed by atoms with Gasteiger partial charge in [-0.3, -0.25) is 4.79 Å². The number of hydrogen-bond donors (Lipinski definition) is 0. The Kier molecular flexibility index (Phi) is 4.93. The van der Waals surface area contributed by atoms with E-state index < -0.39 is 10.0 Å². The lowest BCUT2D eigenvalue weighted by atomic mass is 9.94. The Hall–Kier alpha value is -2.67. The van der Waals surface area contributed by atoms with Gasteiger partial charge in [0.1, 0.15) is 4.90 Å². The largest absolute Gasteiger partial charge is 0.355 e. The number of likely N-dealkylation sites (tertiary alicyclic amines) is 1. The molecule has 0 bridgehead atoms. The lowest BCUT2D eigenvalue weighted by molar-refractivity contribution is -0.123. The van der Waals surface area contributed by atoms with Gasteiger partial charge in [0.05, 0.1) is 0 Å². The summed E-state index contributed by atoms with van der Waals surface area (Å²) in [5.74, 6) is 0.580. The highest BCUT2D eigenvalue weighted by Crippen LogP contribution is 2.30. The first-order valence-corrected chi connectivity index (χ1v) is 11.0. The van der Waals surface area contributed by atoms with E-state index in [4.69, 9.17) is 0 Å². The van der Waals surface area contributed by atoms with Gasteiger partial charge in [-0.15, -0.1) is 4.40 Å². The van der Waals surface area contributed by atoms with Crippen molar-refractivity contribution in [3.05, 3.63) is 60.2 Å². The number of nitrogens with zero attached hydrogens (tertiary/aromatic N) is 3. The summed E-state index contributed by atoms with van der Waals surface area (Å²) in [5, 5.41) is 0. The third kappa shape index (κ3) is 3.30. The van der Waals surface area contributed by atoms with Gasteiger partial charge >= 0.3 is 0 Å². The number of rotatable bonds is 3. The number of amides is 1. The number of carbonyl (C=O) groups is 1. The highest BCUT2D eigenvalue weighted by Gasteiger charge is 2.35. The zero-order chi connectivity index (χ0) is 19.7. The summed E-state index contributed by atoms with van der Waals surface area (Å²) in [5.41, 5.74) is 1.57. The average molecular weight is 398 g/mol. The summed E-state index contributed by atoms with van der Waals surface area (Å²) in [7, 11) is -3.62. The standard InChI is InChI=1S/C21H23N3O3S/c1-2-24(17-8-4-3-5-9-17)21(25)16-12-14-23(15-13-16)20-18-10-6-7-11-19(18)28(26,27)22-20/h3-11,16H,2,12-15H2,1H3. The average Bonchev–Trinajstić information content (AvgIpc) is 3.01. The third-order valence-corrected chi connectivity index (χ3v) is 6.73. The molecular weight excluding hydrogens is 374 g/mol. The van der Waals surface area contributed by atoms with E-state index in [-0.39, 0.29) is 16.7 Å². The van der Waals surface area contributed by atoms with Crippen LogP contribution >= 0.6 is 0 Å². The lowest BCUT2D eigenvalue weighted by Crippen LogP contribution is -2.44. The number of piperidine rings is 1. The molecule has 0 unspecified atom stereocenters. The van der Waals surface area contributed by atoms with Crippen LogP contribution in [0.15, 0.2) is 63.9 Å². The molecule has 0 spiro atoms. The first kappa shape index (κ1) is 18.7. The highest BCUT2D eigenvalue weighted by atomic mass is 32.2. The maximum Gasteiger partial charge on any atom is 0.285 e. The molecule has 2 aromatic rings. The first-order valence-electron chi connectivity index (χ1n) is 9.57. The molecule has 2 aliphatic rings. The monoisotopic (exact) mass is 397 g/mol. The van der Waals surface area contributed by atoms with Gasteiger partial charge in [0.25, 0.3) is 10.0 Å². The number of carbonyl (C=O) groups excluding carboxylic acids is 1. The predicted octanol–water partition coefficient (Wildman–Crippen LogP) is 2.90. The summed E-state index contributed by atoms with van der Waals surface area (Å²) in [6.07, 6.45) is 1.37. The van der Waals surface area contributed by atoms with Crippen molar-refractivity contribution in [2.75, 3.05) is 24.5 Å². The molecule has 0 aliphatic carbocycles. The number of fused-ring (bicyclic) bond motifs is 1. The molecule has 2 aliphatic heterocycles. The van der Waals surface area contributed by atoms with Crippen molar-refractivity contribution >= 4 is 27.5 Å². The van der Waals surface area contributed by atoms with E-state index in [1.54, 1.807) is 18.2 Å². The Bertz CT molecular complexity index is 1010. The van der Waals surface area contributed by atoms with Crippen LogP contribution in [0.5, 0.6) is 0 Å². The van der Waals surface area contributed by atoms with Gasteiger partial charge in [-0.1, -0.05) is 30.3 Å². The summed E-state index contributed by atoms with van der Waals surface area (Å²) >= 11 is 0. The maximum absolute atomic E-state index is 13.0. The minimum absolute atomic E-state index is 0.0646. The number of amidine groups is 1. The number of anilines is 1. The quantitative estimate of drug-likeness (QED) is 0.799.